The SMILES string of the molecule is Nc1ccn(-c2ccc(F)cc2)c1. The smallest absolute Gasteiger partial charge is 0.123 e. The Bertz CT molecular complexity index is 403. The third-order valence-corrected chi connectivity index (χ3v) is 1.84. The molecule has 3 heteroatoms. The zero-order chi connectivity index (χ0) is 9.26. The van der Waals surface area contributed by atoms with E-state index >= 15 is 0 Å². The van der Waals surface area contributed by atoms with Crippen LogP contribution >= 0.6 is 0 Å². The fourth-order valence-electron chi connectivity index (χ4n) is 1.19. The molecule has 0 atom stereocenters. The summed E-state index contributed by atoms with van der Waals surface area (Å²) in [6, 6.07) is 8.05. The van der Waals surface area contributed by atoms with Crippen molar-refractivity contribution in [2.45, 2.75) is 0 Å². The highest BCUT2D eigenvalue weighted by atomic mass is 19.1. The summed E-state index contributed by atoms with van der Waals surface area (Å²) >= 11 is 0. The van der Waals surface area contributed by atoms with Crippen molar-refractivity contribution in [3.63, 3.8) is 0 Å². The minimum atomic E-state index is -0.233. The molecule has 0 spiro atoms. The first kappa shape index (κ1) is 7.86. The predicted octanol–water partition coefficient (Wildman–Crippen LogP) is 2.20. The maximum Gasteiger partial charge on any atom is 0.123 e. The standard InChI is InChI=1S/C10H9FN2/c11-8-1-3-10(4-2-8)13-6-5-9(12)7-13/h1-7H,12H2. The molecule has 0 aliphatic heterocycles. The third kappa shape index (κ3) is 1.54. The number of rotatable bonds is 1. The number of nitrogen functional groups attached to an aromatic ring is 1. The van der Waals surface area contributed by atoms with E-state index in [4.69, 9.17) is 5.73 Å². The summed E-state index contributed by atoms with van der Waals surface area (Å²) < 4.78 is 14.4. The maximum absolute atomic E-state index is 12.6. The van der Waals surface area contributed by atoms with E-state index in [1.807, 2.05) is 10.8 Å². The third-order valence-electron chi connectivity index (χ3n) is 1.84. The first-order valence-electron chi connectivity index (χ1n) is 3.95. The van der Waals surface area contributed by atoms with Crippen LogP contribution in [0.1, 0.15) is 0 Å². The second kappa shape index (κ2) is 2.94. The van der Waals surface area contributed by atoms with Crippen molar-refractivity contribution in [1.82, 2.24) is 4.57 Å². The van der Waals surface area contributed by atoms with Crippen LogP contribution in [0.4, 0.5) is 10.1 Å². The molecular weight excluding hydrogens is 167 g/mol. The molecule has 2 N–H and O–H groups in total. The van der Waals surface area contributed by atoms with Crippen molar-refractivity contribution in [3.8, 4) is 5.69 Å². The second-order valence-corrected chi connectivity index (χ2v) is 2.83. The zero-order valence-corrected chi connectivity index (χ0v) is 6.94. The summed E-state index contributed by atoms with van der Waals surface area (Å²) in [5.41, 5.74) is 7.15. The lowest BCUT2D eigenvalue weighted by molar-refractivity contribution is 0.627. The van der Waals surface area contributed by atoms with Crippen LogP contribution in [0.5, 0.6) is 0 Å². The summed E-state index contributed by atoms with van der Waals surface area (Å²) in [4.78, 5) is 0. The van der Waals surface area contributed by atoms with Crippen molar-refractivity contribution < 1.29 is 4.39 Å². The predicted molar refractivity (Wildman–Crippen MR) is 50.1 cm³/mol. The molecular formula is C10H9FN2. The van der Waals surface area contributed by atoms with E-state index in [1.165, 1.54) is 12.1 Å². The van der Waals surface area contributed by atoms with Crippen molar-refractivity contribution in [3.05, 3.63) is 48.5 Å². The Balaban J connectivity index is 2.41. The summed E-state index contributed by atoms with van der Waals surface area (Å²) in [6.07, 6.45) is 3.62. The topological polar surface area (TPSA) is 30.9 Å². The van der Waals surface area contributed by atoms with Crippen molar-refractivity contribution >= 4 is 5.69 Å². The fourth-order valence-corrected chi connectivity index (χ4v) is 1.19. The van der Waals surface area contributed by atoms with Crippen LogP contribution in [0.25, 0.3) is 5.69 Å². The van der Waals surface area contributed by atoms with Crippen LogP contribution in [0, 0.1) is 5.82 Å². The molecule has 0 amide bonds. The maximum atomic E-state index is 12.6. The molecule has 0 aliphatic carbocycles. The molecule has 0 radical (unpaired) electrons. The molecule has 13 heavy (non-hydrogen) atoms. The van der Waals surface area contributed by atoms with Crippen molar-refractivity contribution in [2.24, 2.45) is 0 Å². The summed E-state index contributed by atoms with van der Waals surface area (Å²) in [7, 11) is 0. The number of aromatic nitrogens is 1. The van der Waals surface area contributed by atoms with Crippen molar-refractivity contribution in [1.29, 1.82) is 0 Å². The number of nitrogens with two attached hydrogens (primary N) is 1. The summed E-state index contributed by atoms with van der Waals surface area (Å²) in [6.45, 7) is 0. The van der Waals surface area contributed by atoms with E-state index in [0.717, 1.165) is 5.69 Å². The van der Waals surface area contributed by atoms with E-state index in [2.05, 4.69) is 0 Å². The highest BCUT2D eigenvalue weighted by Gasteiger charge is 1.96. The molecule has 66 valence electrons. The molecule has 2 nitrogen and oxygen atoms in total. The van der Waals surface area contributed by atoms with E-state index in [-0.39, 0.29) is 5.82 Å². The van der Waals surface area contributed by atoms with Gasteiger partial charge in [0, 0.05) is 23.8 Å². The van der Waals surface area contributed by atoms with Gasteiger partial charge in [0.2, 0.25) is 0 Å². The van der Waals surface area contributed by atoms with Crippen LogP contribution in [0.3, 0.4) is 0 Å². The minimum absolute atomic E-state index is 0.233. The van der Waals surface area contributed by atoms with Gasteiger partial charge < -0.3 is 10.3 Å². The van der Waals surface area contributed by atoms with Gasteiger partial charge in [-0.25, -0.2) is 4.39 Å². The van der Waals surface area contributed by atoms with Gasteiger partial charge in [0.25, 0.3) is 0 Å². The lowest BCUT2D eigenvalue weighted by Gasteiger charge is -2.00. The number of hydrogen-bond donors (Lipinski definition) is 1. The Morgan fingerprint density at radius 1 is 1.08 bits per heavy atom. The van der Waals surface area contributed by atoms with E-state index < -0.39 is 0 Å². The van der Waals surface area contributed by atoms with E-state index in [0.29, 0.717) is 5.69 Å². The molecule has 0 bridgehead atoms. The zero-order valence-electron chi connectivity index (χ0n) is 6.94. The molecule has 0 unspecified atom stereocenters. The monoisotopic (exact) mass is 176 g/mol. The first-order chi connectivity index (χ1) is 6.25. The molecule has 0 saturated carbocycles. The lowest BCUT2D eigenvalue weighted by Crippen LogP contribution is -1.89. The van der Waals surface area contributed by atoms with Gasteiger partial charge in [0.05, 0.1) is 0 Å². The molecule has 1 aromatic carbocycles. The van der Waals surface area contributed by atoms with Gasteiger partial charge in [-0.1, -0.05) is 0 Å². The van der Waals surface area contributed by atoms with Gasteiger partial charge >= 0.3 is 0 Å². The molecule has 0 fully saturated rings. The van der Waals surface area contributed by atoms with Gasteiger partial charge in [-0.3, -0.25) is 0 Å². The van der Waals surface area contributed by atoms with Crippen molar-refractivity contribution in [2.75, 3.05) is 5.73 Å². The van der Waals surface area contributed by atoms with Gasteiger partial charge in [0.15, 0.2) is 0 Å². The normalized spacial score (nSPS) is 10.2. The van der Waals surface area contributed by atoms with E-state index in [9.17, 15) is 4.39 Å². The average molecular weight is 176 g/mol. The lowest BCUT2D eigenvalue weighted by atomic mass is 10.3. The van der Waals surface area contributed by atoms with Crippen LogP contribution in [-0.4, -0.2) is 4.57 Å². The van der Waals surface area contributed by atoms with Gasteiger partial charge in [-0.2, -0.15) is 0 Å². The highest BCUT2D eigenvalue weighted by molar-refractivity contribution is 5.41. The number of anilines is 1. The average Bonchev–Trinajstić information content (AvgIpc) is 2.53. The number of hydrogen-bond acceptors (Lipinski definition) is 1. The van der Waals surface area contributed by atoms with Crippen LogP contribution in [0.15, 0.2) is 42.7 Å². The van der Waals surface area contributed by atoms with Gasteiger partial charge in [-0.15, -0.1) is 0 Å². The van der Waals surface area contributed by atoms with E-state index in [1.54, 1.807) is 24.4 Å². The van der Waals surface area contributed by atoms with Crippen LogP contribution < -0.4 is 5.73 Å². The quantitative estimate of drug-likeness (QED) is 0.709. The Morgan fingerprint density at radius 3 is 2.31 bits per heavy atom. The summed E-state index contributed by atoms with van der Waals surface area (Å²) in [5, 5.41) is 0. The Hall–Kier alpha value is -1.77. The summed E-state index contributed by atoms with van der Waals surface area (Å²) in [5.74, 6) is -0.233. The Morgan fingerprint density at radius 2 is 1.77 bits per heavy atom. The molecule has 1 aromatic heterocycles. The van der Waals surface area contributed by atoms with Crippen LogP contribution in [-0.2, 0) is 0 Å². The Kier molecular flexibility index (Phi) is 1.77. The number of nitrogens with zero attached hydrogens (tertiary/aromatic N) is 1. The van der Waals surface area contributed by atoms with Gasteiger partial charge in [0.1, 0.15) is 5.82 Å². The first-order valence-corrected chi connectivity index (χ1v) is 3.95. The minimum Gasteiger partial charge on any atom is -0.397 e. The molecule has 1 heterocycles. The molecule has 2 aromatic rings. The molecule has 0 saturated heterocycles. The Labute approximate surface area is 75.4 Å². The van der Waals surface area contributed by atoms with Crippen LogP contribution in [0.2, 0.25) is 0 Å². The number of halogens is 1. The molecule has 2 rings (SSSR count). The largest absolute Gasteiger partial charge is 0.397 e. The highest BCUT2D eigenvalue weighted by Crippen LogP contribution is 2.12. The molecule has 0 aliphatic rings. The second-order valence-electron chi connectivity index (χ2n) is 2.83. The number of benzene rings is 1. The fraction of sp³-hybridized carbons (Fsp3) is 0. The van der Waals surface area contributed by atoms with Gasteiger partial charge in [-0.05, 0) is 30.3 Å².